The minimum absolute atomic E-state index is 0.138. The van der Waals surface area contributed by atoms with Gasteiger partial charge in [-0.1, -0.05) is 51.2 Å². The molecular weight excluding hydrogens is 260 g/mol. The molecule has 1 saturated carbocycles. The van der Waals surface area contributed by atoms with E-state index in [2.05, 4.69) is 12.2 Å². The quantitative estimate of drug-likeness (QED) is 0.787. The number of carbonyl (C=O) groups excluding carboxylic acids is 1. The largest absolute Gasteiger partial charge is 0.399 e. The maximum absolute atomic E-state index is 12.1. The van der Waals surface area contributed by atoms with Gasteiger partial charge >= 0.3 is 0 Å². The van der Waals surface area contributed by atoms with Gasteiger partial charge in [0.05, 0.1) is 0 Å². The Balaban J connectivity index is 1.67. The molecule has 3 N–H and O–H groups in total. The Hall–Kier alpha value is -1.51. The van der Waals surface area contributed by atoms with Gasteiger partial charge in [-0.05, 0) is 36.5 Å². The first-order valence-corrected chi connectivity index (χ1v) is 8.27. The van der Waals surface area contributed by atoms with Crippen molar-refractivity contribution in [1.82, 2.24) is 5.32 Å². The molecule has 1 unspecified atom stereocenters. The summed E-state index contributed by atoms with van der Waals surface area (Å²) in [6.07, 6.45) is 8.59. The summed E-state index contributed by atoms with van der Waals surface area (Å²) in [5.41, 5.74) is 7.66. The third kappa shape index (κ3) is 5.41. The van der Waals surface area contributed by atoms with Crippen molar-refractivity contribution in [1.29, 1.82) is 0 Å². The lowest BCUT2D eigenvalue weighted by molar-refractivity contribution is -0.125. The lowest BCUT2D eigenvalue weighted by Crippen LogP contribution is -2.32. The first kappa shape index (κ1) is 15.9. The lowest BCUT2D eigenvalue weighted by Gasteiger charge is -2.24. The zero-order chi connectivity index (χ0) is 15.1. The Morgan fingerprint density at radius 1 is 1.24 bits per heavy atom. The molecule has 0 bridgehead atoms. The van der Waals surface area contributed by atoms with E-state index in [9.17, 15) is 4.79 Å². The minimum atomic E-state index is 0.138. The van der Waals surface area contributed by atoms with Gasteiger partial charge in [0.15, 0.2) is 0 Å². The first-order valence-electron chi connectivity index (χ1n) is 8.27. The van der Waals surface area contributed by atoms with Gasteiger partial charge in [-0.15, -0.1) is 0 Å². The number of benzene rings is 1. The van der Waals surface area contributed by atoms with Crippen LogP contribution in [0.15, 0.2) is 24.3 Å². The van der Waals surface area contributed by atoms with Crippen molar-refractivity contribution in [2.75, 3.05) is 12.3 Å². The zero-order valence-corrected chi connectivity index (χ0v) is 13.1. The fourth-order valence-corrected chi connectivity index (χ4v) is 3.22. The molecule has 2 rings (SSSR count). The number of anilines is 1. The summed E-state index contributed by atoms with van der Waals surface area (Å²) in [5.74, 6) is 1.10. The molecule has 21 heavy (non-hydrogen) atoms. The summed E-state index contributed by atoms with van der Waals surface area (Å²) < 4.78 is 0. The van der Waals surface area contributed by atoms with Crippen molar-refractivity contribution in [2.45, 2.75) is 51.9 Å². The Kier molecular flexibility index (Phi) is 6.09. The standard InChI is InChI=1S/C18H28N2O/c1-14(13-16-5-3-2-4-6-16)18(21)20-12-11-15-7-9-17(19)10-8-15/h7-10,14,16H,2-6,11-13,19H2,1H3,(H,20,21). The van der Waals surface area contributed by atoms with E-state index in [4.69, 9.17) is 5.73 Å². The summed E-state index contributed by atoms with van der Waals surface area (Å²) in [6, 6.07) is 7.85. The molecule has 1 amide bonds. The van der Waals surface area contributed by atoms with Crippen LogP contribution in [0.4, 0.5) is 5.69 Å². The number of nitrogen functional groups attached to an aromatic ring is 1. The van der Waals surface area contributed by atoms with Crippen LogP contribution >= 0.6 is 0 Å². The first-order chi connectivity index (χ1) is 10.1. The highest BCUT2D eigenvalue weighted by atomic mass is 16.1. The van der Waals surface area contributed by atoms with E-state index in [-0.39, 0.29) is 11.8 Å². The molecule has 0 aromatic heterocycles. The van der Waals surface area contributed by atoms with Crippen LogP contribution < -0.4 is 11.1 Å². The molecule has 1 aromatic carbocycles. The highest BCUT2D eigenvalue weighted by molar-refractivity contribution is 5.78. The van der Waals surface area contributed by atoms with Crippen molar-refractivity contribution in [3.05, 3.63) is 29.8 Å². The predicted octanol–water partition coefficient (Wildman–Crippen LogP) is 3.53. The third-order valence-corrected chi connectivity index (χ3v) is 4.55. The molecule has 1 aliphatic rings. The SMILES string of the molecule is CC(CC1CCCCC1)C(=O)NCCc1ccc(N)cc1. The zero-order valence-electron chi connectivity index (χ0n) is 13.1. The second-order valence-electron chi connectivity index (χ2n) is 6.42. The molecule has 1 aromatic rings. The number of rotatable bonds is 6. The van der Waals surface area contributed by atoms with Crippen LogP contribution in [0, 0.1) is 11.8 Å². The Labute approximate surface area is 128 Å². The van der Waals surface area contributed by atoms with Gasteiger partial charge in [0.1, 0.15) is 0 Å². The Bertz CT molecular complexity index is 435. The lowest BCUT2D eigenvalue weighted by atomic mass is 9.83. The molecule has 0 heterocycles. The van der Waals surface area contributed by atoms with E-state index in [0.717, 1.165) is 24.4 Å². The van der Waals surface area contributed by atoms with Crippen LogP contribution in [-0.2, 0) is 11.2 Å². The second kappa shape index (κ2) is 8.06. The fourth-order valence-electron chi connectivity index (χ4n) is 3.22. The fraction of sp³-hybridized carbons (Fsp3) is 0.611. The van der Waals surface area contributed by atoms with E-state index in [1.54, 1.807) is 0 Å². The number of hydrogen-bond acceptors (Lipinski definition) is 2. The van der Waals surface area contributed by atoms with Crippen molar-refractivity contribution < 1.29 is 4.79 Å². The van der Waals surface area contributed by atoms with Gasteiger partial charge in [-0.3, -0.25) is 4.79 Å². The Morgan fingerprint density at radius 2 is 1.90 bits per heavy atom. The monoisotopic (exact) mass is 288 g/mol. The summed E-state index contributed by atoms with van der Waals surface area (Å²) in [4.78, 5) is 12.1. The van der Waals surface area contributed by atoms with Crippen LogP contribution in [0.5, 0.6) is 0 Å². The summed E-state index contributed by atoms with van der Waals surface area (Å²) >= 11 is 0. The highest BCUT2D eigenvalue weighted by Gasteiger charge is 2.20. The van der Waals surface area contributed by atoms with Gasteiger partial charge in [0, 0.05) is 18.2 Å². The van der Waals surface area contributed by atoms with Crippen LogP contribution in [0.25, 0.3) is 0 Å². The maximum Gasteiger partial charge on any atom is 0.222 e. The number of hydrogen-bond donors (Lipinski definition) is 2. The predicted molar refractivity (Wildman–Crippen MR) is 87.9 cm³/mol. The average molecular weight is 288 g/mol. The van der Waals surface area contributed by atoms with E-state index in [0.29, 0.717) is 6.54 Å². The number of nitrogens with one attached hydrogen (secondary N) is 1. The highest BCUT2D eigenvalue weighted by Crippen LogP contribution is 2.28. The number of amides is 1. The van der Waals surface area contributed by atoms with Crippen molar-refractivity contribution in [3.8, 4) is 0 Å². The van der Waals surface area contributed by atoms with E-state index < -0.39 is 0 Å². The molecule has 3 nitrogen and oxygen atoms in total. The molecular formula is C18H28N2O. The maximum atomic E-state index is 12.1. The molecule has 0 spiro atoms. The summed E-state index contributed by atoms with van der Waals surface area (Å²) in [5, 5.41) is 3.06. The topological polar surface area (TPSA) is 55.1 Å². The molecule has 3 heteroatoms. The minimum Gasteiger partial charge on any atom is -0.399 e. The Morgan fingerprint density at radius 3 is 2.57 bits per heavy atom. The van der Waals surface area contributed by atoms with Gasteiger partial charge in [0.2, 0.25) is 5.91 Å². The van der Waals surface area contributed by atoms with Crippen molar-refractivity contribution >= 4 is 11.6 Å². The average Bonchev–Trinajstić information content (AvgIpc) is 2.50. The third-order valence-electron chi connectivity index (χ3n) is 4.55. The van der Waals surface area contributed by atoms with E-state index in [1.807, 2.05) is 24.3 Å². The van der Waals surface area contributed by atoms with Gasteiger partial charge < -0.3 is 11.1 Å². The van der Waals surface area contributed by atoms with Crippen LogP contribution in [-0.4, -0.2) is 12.5 Å². The normalized spacial score (nSPS) is 17.4. The molecule has 1 fully saturated rings. The van der Waals surface area contributed by atoms with Crippen LogP contribution in [0.1, 0.15) is 51.0 Å². The number of carbonyl (C=O) groups is 1. The van der Waals surface area contributed by atoms with Gasteiger partial charge in [0.25, 0.3) is 0 Å². The van der Waals surface area contributed by atoms with Crippen molar-refractivity contribution in [2.24, 2.45) is 11.8 Å². The molecule has 0 saturated heterocycles. The molecule has 1 atom stereocenters. The smallest absolute Gasteiger partial charge is 0.222 e. The summed E-state index contributed by atoms with van der Waals surface area (Å²) in [7, 11) is 0. The number of nitrogens with two attached hydrogens (primary N) is 1. The van der Waals surface area contributed by atoms with E-state index >= 15 is 0 Å². The summed E-state index contributed by atoms with van der Waals surface area (Å²) in [6.45, 7) is 2.77. The van der Waals surface area contributed by atoms with E-state index in [1.165, 1.54) is 37.7 Å². The molecule has 1 aliphatic carbocycles. The second-order valence-corrected chi connectivity index (χ2v) is 6.42. The molecule has 116 valence electrons. The van der Waals surface area contributed by atoms with Gasteiger partial charge in [-0.25, -0.2) is 0 Å². The molecule has 0 radical (unpaired) electrons. The van der Waals surface area contributed by atoms with Crippen LogP contribution in [0.3, 0.4) is 0 Å². The van der Waals surface area contributed by atoms with Crippen molar-refractivity contribution in [3.63, 3.8) is 0 Å². The van der Waals surface area contributed by atoms with Gasteiger partial charge in [-0.2, -0.15) is 0 Å². The van der Waals surface area contributed by atoms with Crippen LogP contribution in [0.2, 0.25) is 0 Å². The molecule has 0 aliphatic heterocycles.